The van der Waals surface area contributed by atoms with Crippen LogP contribution in [0.5, 0.6) is 0 Å². The zero-order valence-corrected chi connectivity index (χ0v) is 14.7. The van der Waals surface area contributed by atoms with Gasteiger partial charge >= 0.3 is 70.2 Å². The molecule has 0 bridgehead atoms. The summed E-state index contributed by atoms with van der Waals surface area (Å²) in [6.07, 6.45) is 2.38. The van der Waals surface area contributed by atoms with Crippen molar-refractivity contribution < 1.29 is 90.0 Å². The van der Waals surface area contributed by atoms with Crippen LogP contribution in [0.2, 0.25) is 0 Å². The molecule has 0 spiro atoms. The standard InChI is InChI=1S/C11H20O4.K.Li/c1-4-5-6-7-11(8(2)3,9(12)13)10(14)15;;/h8H,4-7H2,1-3H3,(H,12,13)(H,14,15);;/q;2*+1/p-2. The van der Waals surface area contributed by atoms with E-state index in [1.54, 1.807) is 13.8 Å². The minimum absolute atomic E-state index is 0. The zero-order chi connectivity index (χ0) is 12.1. The van der Waals surface area contributed by atoms with Gasteiger partial charge in [0, 0.05) is 0 Å². The molecule has 0 saturated heterocycles. The molecule has 4 nitrogen and oxygen atoms in total. The molecule has 0 fully saturated rings. The molecule has 0 N–H and O–H groups in total. The van der Waals surface area contributed by atoms with Gasteiger partial charge in [-0.05, 0) is 12.3 Å². The summed E-state index contributed by atoms with van der Waals surface area (Å²) in [5.74, 6) is -3.59. The Morgan fingerprint density at radius 3 is 1.76 bits per heavy atom. The summed E-state index contributed by atoms with van der Waals surface area (Å²) in [5, 5.41) is 21.9. The minimum atomic E-state index is -1.84. The van der Waals surface area contributed by atoms with E-state index in [2.05, 4.69) is 0 Å². The number of aliphatic carboxylic acids is 2. The molecule has 0 atom stereocenters. The number of unbranched alkanes of at least 4 members (excludes halogenated alkanes) is 2. The van der Waals surface area contributed by atoms with Gasteiger partial charge < -0.3 is 19.8 Å². The van der Waals surface area contributed by atoms with E-state index in [1.165, 1.54) is 0 Å². The molecule has 0 rings (SSSR count). The van der Waals surface area contributed by atoms with Crippen LogP contribution in [-0.4, -0.2) is 11.9 Å². The molecule has 0 aliphatic carbocycles. The Bertz CT molecular complexity index is 230. The van der Waals surface area contributed by atoms with Crippen LogP contribution in [0, 0.1) is 11.3 Å². The van der Waals surface area contributed by atoms with Crippen LogP contribution in [0.25, 0.3) is 0 Å². The van der Waals surface area contributed by atoms with Crippen molar-refractivity contribution in [2.75, 3.05) is 0 Å². The number of carbonyl (C=O) groups is 2. The van der Waals surface area contributed by atoms with E-state index in [0.717, 1.165) is 12.8 Å². The van der Waals surface area contributed by atoms with Gasteiger partial charge in [0.05, 0.1) is 17.4 Å². The van der Waals surface area contributed by atoms with Crippen LogP contribution in [0.1, 0.15) is 46.5 Å². The molecule has 0 aliphatic heterocycles. The largest absolute Gasteiger partial charge is 1.00 e. The summed E-state index contributed by atoms with van der Waals surface area (Å²) in [7, 11) is 0. The van der Waals surface area contributed by atoms with Crippen molar-refractivity contribution in [3.8, 4) is 0 Å². The van der Waals surface area contributed by atoms with Crippen LogP contribution in [0.4, 0.5) is 0 Å². The molecule has 0 aliphatic rings. The monoisotopic (exact) mass is 260 g/mol. The molecular weight excluding hydrogens is 242 g/mol. The van der Waals surface area contributed by atoms with Gasteiger partial charge in [-0.1, -0.05) is 40.0 Å². The summed E-state index contributed by atoms with van der Waals surface area (Å²) in [4.78, 5) is 21.9. The van der Waals surface area contributed by atoms with E-state index in [9.17, 15) is 19.8 Å². The maximum absolute atomic E-state index is 11.0. The molecule has 0 saturated carbocycles. The van der Waals surface area contributed by atoms with Crippen LogP contribution in [0.3, 0.4) is 0 Å². The van der Waals surface area contributed by atoms with Gasteiger partial charge in [0.2, 0.25) is 0 Å². The van der Waals surface area contributed by atoms with Crippen LogP contribution < -0.4 is 80.5 Å². The first kappa shape index (κ1) is 23.3. The third-order valence-electron chi connectivity index (χ3n) is 2.89. The number of carbonyl (C=O) groups excluding carboxylic acids is 2. The van der Waals surface area contributed by atoms with E-state index in [1.807, 2.05) is 6.92 Å². The Labute approximate surface area is 158 Å². The summed E-state index contributed by atoms with van der Waals surface area (Å²) < 4.78 is 0. The summed E-state index contributed by atoms with van der Waals surface area (Å²) in [6, 6.07) is 0. The molecule has 0 heterocycles. The quantitative estimate of drug-likeness (QED) is 0.259. The smallest absolute Gasteiger partial charge is 0.549 e. The van der Waals surface area contributed by atoms with Gasteiger partial charge in [0.1, 0.15) is 0 Å². The molecule has 17 heavy (non-hydrogen) atoms. The second-order valence-corrected chi connectivity index (χ2v) is 4.16. The van der Waals surface area contributed by atoms with Crippen molar-refractivity contribution in [3.05, 3.63) is 0 Å². The SMILES string of the molecule is CCCCCC(C(=O)[O-])(C(=O)[O-])C(C)C.[K+].[Li+]. The molecule has 0 aromatic rings. The molecule has 88 valence electrons. The average Bonchev–Trinajstić information content (AvgIpc) is 2.10. The average molecular weight is 260 g/mol. The molecule has 6 heteroatoms. The van der Waals surface area contributed by atoms with Crippen molar-refractivity contribution in [1.29, 1.82) is 0 Å². The molecule has 0 radical (unpaired) electrons. The Hall–Kier alpha value is 1.17. The second-order valence-electron chi connectivity index (χ2n) is 4.16. The fourth-order valence-corrected chi connectivity index (χ4v) is 1.70. The van der Waals surface area contributed by atoms with Crippen molar-refractivity contribution in [3.63, 3.8) is 0 Å². The fraction of sp³-hybridized carbons (Fsp3) is 0.818. The molecular formula is C11H18KLiO4. The minimum Gasteiger partial charge on any atom is -0.549 e. The van der Waals surface area contributed by atoms with E-state index in [0.29, 0.717) is 6.42 Å². The maximum Gasteiger partial charge on any atom is 1.00 e. The van der Waals surface area contributed by atoms with Crippen LogP contribution in [0.15, 0.2) is 0 Å². The summed E-state index contributed by atoms with van der Waals surface area (Å²) in [5.41, 5.74) is -1.84. The predicted molar refractivity (Wildman–Crippen MR) is 51.4 cm³/mol. The van der Waals surface area contributed by atoms with Crippen molar-refractivity contribution in [2.24, 2.45) is 11.3 Å². The van der Waals surface area contributed by atoms with E-state index < -0.39 is 23.3 Å². The number of rotatable bonds is 7. The fourth-order valence-electron chi connectivity index (χ4n) is 1.70. The number of carboxylic acid groups (broad SMARTS) is 2. The third kappa shape index (κ3) is 6.24. The van der Waals surface area contributed by atoms with Crippen molar-refractivity contribution in [2.45, 2.75) is 46.5 Å². The Morgan fingerprint density at radius 1 is 1.12 bits per heavy atom. The topological polar surface area (TPSA) is 80.3 Å². The van der Waals surface area contributed by atoms with Crippen molar-refractivity contribution in [1.82, 2.24) is 0 Å². The Kier molecular flexibility index (Phi) is 15.1. The van der Waals surface area contributed by atoms with Gasteiger partial charge in [0.15, 0.2) is 0 Å². The summed E-state index contributed by atoms with van der Waals surface area (Å²) in [6.45, 7) is 5.10. The van der Waals surface area contributed by atoms with E-state index in [-0.39, 0.29) is 76.7 Å². The Balaban J connectivity index is -0.000000980. The second kappa shape index (κ2) is 11.0. The Morgan fingerprint density at radius 2 is 1.53 bits per heavy atom. The van der Waals surface area contributed by atoms with Crippen molar-refractivity contribution >= 4 is 11.9 Å². The molecule has 0 unspecified atom stereocenters. The number of carboxylic acids is 2. The molecule has 0 aromatic heterocycles. The van der Waals surface area contributed by atoms with Gasteiger partial charge in [-0.3, -0.25) is 0 Å². The molecule has 0 amide bonds. The van der Waals surface area contributed by atoms with Gasteiger partial charge in [-0.25, -0.2) is 0 Å². The molecule has 0 aromatic carbocycles. The zero-order valence-electron chi connectivity index (χ0n) is 11.5. The number of hydrogen-bond acceptors (Lipinski definition) is 4. The van der Waals surface area contributed by atoms with Crippen LogP contribution >= 0.6 is 0 Å². The maximum atomic E-state index is 11.0. The number of hydrogen-bond donors (Lipinski definition) is 0. The first-order valence-corrected chi connectivity index (χ1v) is 5.32. The van der Waals surface area contributed by atoms with Gasteiger partial charge in [-0.15, -0.1) is 0 Å². The van der Waals surface area contributed by atoms with E-state index in [4.69, 9.17) is 0 Å². The first-order chi connectivity index (χ1) is 6.89. The van der Waals surface area contributed by atoms with Crippen LogP contribution in [-0.2, 0) is 9.59 Å². The first-order valence-electron chi connectivity index (χ1n) is 5.32. The third-order valence-corrected chi connectivity index (χ3v) is 2.89. The van der Waals surface area contributed by atoms with Gasteiger partial charge in [-0.2, -0.15) is 0 Å². The normalized spacial score (nSPS) is 10.4. The van der Waals surface area contributed by atoms with Gasteiger partial charge in [0.25, 0.3) is 0 Å². The van der Waals surface area contributed by atoms with E-state index >= 15 is 0 Å². The summed E-state index contributed by atoms with van der Waals surface area (Å²) >= 11 is 0. The predicted octanol–water partition coefficient (Wildman–Crippen LogP) is -6.28.